The Kier molecular flexibility index (Phi) is 6.87. The van der Waals surface area contributed by atoms with Crippen LogP contribution in [0.1, 0.15) is 21.5 Å². The van der Waals surface area contributed by atoms with Crippen LogP contribution in [-0.4, -0.2) is 32.7 Å². The molecule has 0 spiro atoms. The summed E-state index contributed by atoms with van der Waals surface area (Å²) in [4.78, 5) is 45.8. The summed E-state index contributed by atoms with van der Waals surface area (Å²) in [7, 11) is 0. The van der Waals surface area contributed by atoms with Crippen molar-refractivity contribution in [1.82, 2.24) is 25.0 Å². The summed E-state index contributed by atoms with van der Waals surface area (Å²) in [6, 6.07) is 12.5. The third kappa shape index (κ3) is 5.41. The molecular formula is C24H21FN6O3. The van der Waals surface area contributed by atoms with Crippen molar-refractivity contribution < 1.29 is 14.0 Å². The number of rotatable bonds is 8. The molecule has 10 heteroatoms. The lowest BCUT2D eigenvalue weighted by molar-refractivity contribution is -0.119. The predicted octanol–water partition coefficient (Wildman–Crippen LogP) is 1.89. The monoisotopic (exact) mass is 460 g/mol. The van der Waals surface area contributed by atoms with E-state index in [2.05, 4.69) is 25.9 Å². The van der Waals surface area contributed by atoms with Crippen LogP contribution in [-0.2, 0) is 17.9 Å². The molecule has 1 aromatic carbocycles. The molecular weight excluding hydrogens is 439 g/mol. The van der Waals surface area contributed by atoms with Gasteiger partial charge in [-0.2, -0.15) is 0 Å². The number of nitrogens with zero attached hydrogens (tertiary/aromatic N) is 3. The lowest BCUT2D eigenvalue weighted by atomic mass is 10.2. The molecule has 3 aromatic heterocycles. The van der Waals surface area contributed by atoms with Crippen LogP contribution in [0, 0.1) is 5.82 Å². The van der Waals surface area contributed by atoms with Crippen LogP contribution in [0.4, 0.5) is 10.1 Å². The lowest BCUT2D eigenvalue weighted by Crippen LogP contribution is -2.31. The van der Waals surface area contributed by atoms with Gasteiger partial charge in [-0.25, -0.2) is 9.37 Å². The number of anilines is 1. The first-order valence-corrected chi connectivity index (χ1v) is 10.4. The Morgan fingerprint density at radius 3 is 2.41 bits per heavy atom. The number of carbonyl (C=O) groups is 2. The van der Waals surface area contributed by atoms with Crippen LogP contribution in [0.2, 0.25) is 0 Å². The van der Waals surface area contributed by atoms with Gasteiger partial charge in [-0.3, -0.25) is 23.8 Å². The smallest absolute Gasteiger partial charge is 0.281 e. The molecule has 4 aromatic rings. The molecule has 34 heavy (non-hydrogen) atoms. The van der Waals surface area contributed by atoms with Crippen LogP contribution in [0.15, 0.2) is 78.1 Å². The van der Waals surface area contributed by atoms with Gasteiger partial charge >= 0.3 is 0 Å². The SMILES string of the molecule is O=C(CNc1cnc2c(C(=O)NCc3ccc(F)cc3)cccn2c1=O)NCc1ccncc1. The molecule has 0 fully saturated rings. The molecule has 3 heterocycles. The fraction of sp³-hybridized carbons (Fsp3) is 0.125. The minimum Gasteiger partial charge on any atom is -0.370 e. The first-order valence-electron chi connectivity index (χ1n) is 10.4. The zero-order valence-corrected chi connectivity index (χ0v) is 18.0. The molecule has 0 bridgehead atoms. The van der Waals surface area contributed by atoms with Crippen molar-refractivity contribution in [3.05, 3.63) is 106 Å². The highest BCUT2D eigenvalue weighted by atomic mass is 19.1. The van der Waals surface area contributed by atoms with Gasteiger partial charge < -0.3 is 16.0 Å². The third-order valence-electron chi connectivity index (χ3n) is 5.02. The largest absolute Gasteiger partial charge is 0.370 e. The van der Waals surface area contributed by atoms with E-state index in [4.69, 9.17) is 0 Å². The van der Waals surface area contributed by atoms with Crippen LogP contribution in [0.5, 0.6) is 0 Å². The van der Waals surface area contributed by atoms with E-state index < -0.39 is 11.5 Å². The van der Waals surface area contributed by atoms with Crippen molar-refractivity contribution in [2.24, 2.45) is 0 Å². The second-order valence-electron chi connectivity index (χ2n) is 7.39. The molecule has 0 aliphatic rings. The summed E-state index contributed by atoms with van der Waals surface area (Å²) in [5, 5.41) is 8.28. The molecule has 4 rings (SSSR count). The average molecular weight is 460 g/mol. The second-order valence-corrected chi connectivity index (χ2v) is 7.39. The van der Waals surface area contributed by atoms with Gasteiger partial charge in [0, 0.05) is 31.7 Å². The fourth-order valence-corrected chi connectivity index (χ4v) is 3.22. The molecule has 0 aliphatic heterocycles. The molecule has 0 unspecified atom stereocenters. The van der Waals surface area contributed by atoms with Gasteiger partial charge in [0.05, 0.1) is 18.3 Å². The molecule has 9 nitrogen and oxygen atoms in total. The van der Waals surface area contributed by atoms with Crippen molar-refractivity contribution in [3.63, 3.8) is 0 Å². The maximum absolute atomic E-state index is 13.0. The average Bonchev–Trinajstić information content (AvgIpc) is 2.87. The zero-order valence-electron chi connectivity index (χ0n) is 18.0. The fourth-order valence-electron chi connectivity index (χ4n) is 3.22. The molecule has 2 amide bonds. The summed E-state index contributed by atoms with van der Waals surface area (Å²) in [5.74, 6) is -1.08. The van der Waals surface area contributed by atoms with Gasteiger partial charge in [-0.1, -0.05) is 12.1 Å². The van der Waals surface area contributed by atoms with Crippen molar-refractivity contribution in [3.8, 4) is 0 Å². The van der Waals surface area contributed by atoms with Crippen molar-refractivity contribution in [2.45, 2.75) is 13.1 Å². The molecule has 0 atom stereocenters. The highest BCUT2D eigenvalue weighted by Gasteiger charge is 2.14. The van der Waals surface area contributed by atoms with E-state index in [1.807, 2.05) is 0 Å². The van der Waals surface area contributed by atoms with E-state index in [9.17, 15) is 18.8 Å². The summed E-state index contributed by atoms with van der Waals surface area (Å²) in [6.07, 6.45) is 6.07. The van der Waals surface area contributed by atoms with Gasteiger partial charge in [0.25, 0.3) is 11.5 Å². The van der Waals surface area contributed by atoms with Gasteiger partial charge in [0.2, 0.25) is 5.91 Å². The number of fused-ring (bicyclic) bond motifs is 1. The summed E-state index contributed by atoms with van der Waals surface area (Å²) in [6.45, 7) is 0.416. The Morgan fingerprint density at radius 2 is 1.65 bits per heavy atom. The Morgan fingerprint density at radius 1 is 0.941 bits per heavy atom. The van der Waals surface area contributed by atoms with E-state index in [1.165, 1.54) is 28.9 Å². The molecule has 172 valence electrons. The molecule has 0 aliphatic carbocycles. The second kappa shape index (κ2) is 10.3. The standard InChI is InChI=1S/C24H21FN6O3/c25-18-5-3-16(4-6-18)13-30-23(33)19-2-1-11-31-22(19)29-14-20(24(31)34)27-15-21(32)28-12-17-7-9-26-10-8-17/h1-11,14,27H,12-13,15H2,(H,28,32)(H,30,33). The number of hydrogen-bond donors (Lipinski definition) is 3. The number of benzene rings is 1. The van der Waals surface area contributed by atoms with E-state index in [0.717, 1.165) is 11.1 Å². The Labute approximate surface area is 193 Å². The Bertz CT molecular complexity index is 1370. The van der Waals surface area contributed by atoms with Gasteiger partial charge in [-0.15, -0.1) is 0 Å². The normalized spacial score (nSPS) is 10.6. The topological polar surface area (TPSA) is 117 Å². The van der Waals surface area contributed by atoms with Gasteiger partial charge in [0.15, 0.2) is 5.65 Å². The quantitative estimate of drug-likeness (QED) is 0.370. The van der Waals surface area contributed by atoms with Crippen molar-refractivity contribution >= 4 is 23.1 Å². The Hall–Kier alpha value is -4.60. The number of carbonyl (C=O) groups excluding carboxylic acids is 2. The van der Waals surface area contributed by atoms with E-state index in [0.29, 0.717) is 6.54 Å². The highest BCUT2D eigenvalue weighted by molar-refractivity contribution is 5.99. The minimum atomic E-state index is -0.444. The maximum Gasteiger partial charge on any atom is 0.281 e. The first kappa shape index (κ1) is 22.6. The maximum atomic E-state index is 13.0. The molecule has 0 saturated carbocycles. The number of halogens is 1. The summed E-state index contributed by atoms with van der Waals surface area (Å²) in [5.41, 5.74) is 1.70. The zero-order chi connectivity index (χ0) is 23.9. The van der Waals surface area contributed by atoms with Crippen LogP contribution < -0.4 is 21.5 Å². The summed E-state index contributed by atoms with van der Waals surface area (Å²) < 4.78 is 14.3. The van der Waals surface area contributed by atoms with E-state index in [-0.39, 0.29) is 41.7 Å². The number of nitrogens with one attached hydrogen (secondary N) is 3. The predicted molar refractivity (Wildman–Crippen MR) is 124 cm³/mol. The highest BCUT2D eigenvalue weighted by Crippen LogP contribution is 2.10. The first-order chi connectivity index (χ1) is 16.5. The lowest BCUT2D eigenvalue weighted by Gasteiger charge is -2.11. The van der Waals surface area contributed by atoms with Crippen LogP contribution in [0.25, 0.3) is 5.65 Å². The number of hydrogen-bond acceptors (Lipinski definition) is 6. The molecule has 3 N–H and O–H groups in total. The van der Waals surface area contributed by atoms with Gasteiger partial charge in [-0.05, 0) is 47.5 Å². The molecule has 0 saturated heterocycles. The Balaban J connectivity index is 1.42. The number of pyridine rings is 2. The molecule has 0 radical (unpaired) electrons. The van der Waals surface area contributed by atoms with Gasteiger partial charge in [0.1, 0.15) is 11.5 Å². The van der Waals surface area contributed by atoms with E-state index >= 15 is 0 Å². The summed E-state index contributed by atoms with van der Waals surface area (Å²) >= 11 is 0. The number of amides is 2. The number of aromatic nitrogens is 3. The van der Waals surface area contributed by atoms with Crippen molar-refractivity contribution in [1.29, 1.82) is 0 Å². The van der Waals surface area contributed by atoms with E-state index in [1.54, 1.807) is 48.8 Å². The minimum absolute atomic E-state index is 0.119. The van der Waals surface area contributed by atoms with Crippen LogP contribution >= 0.6 is 0 Å². The van der Waals surface area contributed by atoms with Crippen molar-refractivity contribution in [2.75, 3.05) is 11.9 Å². The third-order valence-corrected chi connectivity index (χ3v) is 5.02. The van der Waals surface area contributed by atoms with Crippen LogP contribution in [0.3, 0.4) is 0 Å².